The Kier molecular flexibility index (Phi) is 17.1. The Bertz CT molecular complexity index is 1450. The second-order valence-corrected chi connectivity index (χ2v) is 13.5. The van der Waals surface area contributed by atoms with Crippen LogP contribution >= 0.6 is 0 Å². The van der Waals surface area contributed by atoms with Crippen molar-refractivity contribution in [3.63, 3.8) is 0 Å². The van der Waals surface area contributed by atoms with Crippen LogP contribution in [0.25, 0.3) is 0 Å². The first-order valence-corrected chi connectivity index (χ1v) is 18.2. The molecule has 3 rings (SSSR count). The maximum atomic E-state index is 13.7. The third-order valence-electron chi connectivity index (χ3n) is 8.94. The molecule has 50 heavy (non-hydrogen) atoms. The lowest BCUT2D eigenvalue weighted by atomic mass is 9.96. The zero-order chi connectivity index (χ0) is 36.3. The van der Waals surface area contributed by atoms with E-state index in [-0.39, 0.29) is 48.1 Å². The molecule has 0 fully saturated rings. The zero-order valence-corrected chi connectivity index (χ0v) is 30.4. The number of aromatic nitrogens is 2. The second-order valence-electron chi connectivity index (χ2n) is 13.5. The van der Waals surface area contributed by atoms with Crippen molar-refractivity contribution in [2.75, 3.05) is 0 Å². The standard InChI is InChI=1S/C40H56N6O4/c1-6-14-35(45-40(50)37(29(5)7-2)46-38(48)31-22-25-41-26-23-31)39(49)43-32(27-28(3)4)20-21-36(47)44-34(33-18-11-12-24-42-33)19-13-17-30-15-9-8-10-16-30/h8-12,15-16,18,22-26,28-29,32,34-35,37H,6-7,13-14,17,19-21,27H2,1-5H3,(H,43,49)(H,44,47)(H,45,50)(H,46,48)/t29?,32?,34?,35-,37?/m0/s1. The van der Waals surface area contributed by atoms with E-state index < -0.39 is 18.0 Å². The first-order valence-electron chi connectivity index (χ1n) is 18.2. The number of pyridine rings is 2. The number of nitrogens with zero attached hydrogens (tertiary/aromatic N) is 2. The van der Waals surface area contributed by atoms with Gasteiger partial charge in [0.15, 0.2) is 0 Å². The summed E-state index contributed by atoms with van der Waals surface area (Å²) in [6.07, 6.45) is 10.5. The van der Waals surface area contributed by atoms with Crippen LogP contribution in [-0.4, -0.2) is 51.7 Å². The molecule has 3 aromatic rings. The minimum atomic E-state index is -0.817. The van der Waals surface area contributed by atoms with Crippen LogP contribution in [0.15, 0.2) is 79.3 Å². The molecular weight excluding hydrogens is 628 g/mol. The second kappa shape index (κ2) is 21.5. The first kappa shape index (κ1) is 39.8. The SMILES string of the molecule is CCC[C@H](NC(=O)C(NC(=O)c1ccncc1)C(C)CC)C(=O)NC(CCC(=O)NC(CCCc1ccccc1)c1ccccn1)CC(C)C. The molecule has 4 unspecified atom stereocenters. The van der Waals surface area contributed by atoms with Gasteiger partial charge in [-0.15, -0.1) is 0 Å². The predicted molar refractivity (Wildman–Crippen MR) is 197 cm³/mol. The molecular formula is C40H56N6O4. The Morgan fingerprint density at radius 1 is 0.740 bits per heavy atom. The Morgan fingerprint density at radius 3 is 2.10 bits per heavy atom. The Morgan fingerprint density at radius 2 is 1.46 bits per heavy atom. The summed E-state index contributed by atoms with van der Waals surface area (Å²) in [7, 11) is 0. The number of carbonyl (C=O) groups is 4. The molecule has 0 radical (unpaired) electrons. The summed E-state index contributed by atoms with van der Waals surface area (Å²) in [5.41, 5.74) is 2.49. The summed E-state index contributed by atoms with van der Waals surface area (Å²) in [6.45, 7) is 9.97. The molecule has 0 aliphatic heterocycles. The summed E-state index contributed by atoms with van der Waals surface area (Å²) >= 11 is 0. The molecule has 0 bridgehead atoms. The van der Waals surface area contributed by atoms with Crippen LogP contribution in [-0.2, 0) is 20.8 Å². The largest absolute Gasteiger partial charge is 0.352 e. The van der Waals surface area contributed by atoms with E-state index in [2.05, 4.69) is 57.2 Å². The van der Waals surface area contributed by atoms with E-state index >= 15 is 0 Å². The quantitative estimate of drug-likeness (QED) is 0.107. The zero-order valence-electron chi connectivity index (χ0n) is 30.4. The Labute approximate surface area is 298 Å². The van der Waals surface area contributed by atoms with Crippen LogP contribution in [0.4, 0.5) is 0 Å². The van der Waals surface area contributed by atoms with Gasteiger partial charge in [-0.1, -0.05) is 83.9 Å². The lowest BCUT2D eigenvalue weighted by Gasteiger charge is -2.28. The van der Waals surface area contributed by atoms with Gasteiger partial charge in [-0.25, -0.2) is 0 Å². The van der Waals surface area contributed by atoms with E-state index in [1.807, 2.05) is 57.2 Å². The molecule has 4 amide bonds. The molecule has 0 aliphatic carbocycles. The maximum absolute atomic E-state index is 13.7. The monoisotopic (exact) mass is 684 g/mol. The Hall–Kier alpha value is -4.60. The number of benzene rings is 1. The van der Waals surface area contributed by atoms with E-state index in [9.17, 15) is 19.2 Å². The summed E-state index contributed by atoms with van der Waals surface area (Å²) in [5.74, 6) is -1.04. The van der Waals surface area contributed by atoms with Gasteiger partial charge in [0.2, 0.25) is 17.7 Å². The van der Waals surface area contributed by atoms with Crippen molar-refractivity contribution in [3.05, 3.63) is 96.1 Å². The maximum Gasteiger partial charge on any atom is 0.252 e. The summed E-state index contributed by atoms with van der Waals surface area (Å²) in [6, 6.07) is 17.1. The summed E-state index contributed by atoms with van der Waals surface area (Å²) < 4.78 is 0. The van der Waals surface area contributed by atoms with Crippen LogP contribution in [0.3, 0.4) is 0 Å². The highest BCUT2D eigenvalue weighted by Gasteiger charge is 2.31. The van der Waals surface area contributed by atoms with E-state index in [1.165, 1.54) is 18.0 Å². The molecule has 10 heteroatoms. The molecule has 4 N–H and O–H groups in total. The molecule has 0 spiro atoms. The van der Waals surface area contributed by atoms with Crippen molar-refractivity contribution < 1.29 is 19.2 Å². The lowest BCUT2D eigenvalue weighted by molar-refractivity contribution is -0.131. The number of hydrogen-bond donors (Lipinski definition) is 4. The Balaban J connectivity index is 1.63. The van der Waals surface area contributed by atoms with E-state index in [1.54, 1.807) is 18.3 Å². The molecule has 2 aromatic heterocycles. The van der Waals surface area contributed by atoms with E-state index in [0.29, 0.717) is 37.7 Å². The van der Waals surface area contributed by atoms with Crippen molar-refractivity contribution in [3.8, 4) is 0 Å². The van der Waals surface area contributed by atoms with Crippen LogP contribution in [0, 0.1) is 11.8 Å². The van der Waals surface area contributed by atoms with Gasteiger partial charge in [0.05, 0.1) is 11.7 Å². The fourth-order valence-corrected chi connectivity index (χ4v) is 5.97. The molecule has 270 valence electrons. The molecule has 0 aliphatic rings. The van der Waals surface area contributed by atoms with Crippen LogP contribution in [0.1, 0.15) is 114 Å². The molecule has 2 heterocycles. The topological polar surface area (TPSA) is 142 Å². The highest BCUT2D eigenvalue weighted by atomic mass is 16.2. The van der Waals surface area contributed by atoms with Crippen molar-refractivity contribution in [2.45, 2.75) is 117 Å². The van der Waals surface area contributed by atoms with Gasteiger partial charge < -0.3 is 21.3 Å². The average Bonchev–Trinajstić information content (AvgIpc) is 3.12. The van der Waals surface area contributed by atoms with Gasteiger partial charge in [0.1, 0.15) is 12.1 Å². The van der Waals surface area contributed by atoms with Crippen molar-refractivity contribution in [1.29, 1.82) is 0 Å². The van der Waals surface area contributed by atoms with E-state index in [0.717, 1.165) is 25.0 Å². The first-order chi connectivity index (χ1) is 24.1. The van der Waals surface area contributed by atoms with Gasteiger partial charge in [-0.3, -0.25) is 29.1 Å². The van der Waals surface area contributed by atoms with Crippen molar-refractivity contribution in [1.82, 2.24) is 31.2 Å². The van der Waals surface area contributed by atoms with Crippen LogP contribution in [0.5, 0.6) is 0 Å². The molecule has 1 aromatic carbocycles. The third kappa shape index (κ3) is 13.7. The van der Waals surface area contributed by atoms with Gasteiger partial charge in [0.25, 0.3) is 5.91 Å². The minimum Gasteiger partial charge on any atom is -0.352 e. The highest BCUT2D eigenvalue weighted by Crippen LogP contribution is 2.19. The number of amides is 4. The average molecular weight is 685 g/mol. The molecule has 0 saturated heterocycles. The fraction of sp³-hybridized carbons (Fsp3) is 0.500. The number of carbonyl (C=O) groups excluding carboxylic acids is 4. The number of hydrogen-bond acceptors (Lipinski definition) is 6. The molecule has 10 nitrogen and oxygen atoms in total. The van der Waals surface area contributed by atoms with Gasteiger partial charge in [0, 0.05) is 36.6 Å². The third-order valence-corrected chi connectivity index (χ3v) is 8.94. The van der Waals surface area contributed by atoms with Crippen molar-refractivity contribution in [2.24, 2.45) is 11.8 Å². The summed E-state index contributed by atoms with van der Waals surface area (Å²) in [5, 5.41) is 12.1. The number of rotatable bonds is 21. The van der Waals surface area contributed by atoms with Crippen LogP contribution in [0.2, 0.25) is 0 Å². The normalized spacial score (nSPS) is 14.1. The van der Waals surface area contributed by atoms with Gasteiger partial charge in [-0.05, 0) is 80.2 Å². The number of aryl methyl sites for hydroxylation is 1. The highest BCUT2D eigenvalue weighted by molar-refractivity contribution is 5.98. The fourth-order valence-electron chi connectivity index (χ4n) is 5.97. The van der Waals surface area contributed by atoms with Crippen LogP contribution < -0.4 is 21.3 Å². The van der Waals surface area contributed by atoms with E-state index in [4.69, 9.17) is 0 Å². The summed E-state index contributed by atoms with van der Waals surface area (Å²) in [4.78, 5) is 62.0. The van der Waals surface area contributed by atoms with Gasteiger partial charge >= 0.3 is 0 Å². The smallest absolute Gasteiger partial charge is 0.252 e. The molecule has 0 saturated carbocycles. The van der Waals surface area contributed by atoms with Crippen molar-refractivity contribution >= 4 is 23.6 Å². The van der Waals surface area contributed by atoms with Gasteiger partial charge in [-0.2, -0.15) is 0 Å². The predicted octanol–water partition coefficient (Wildman–Crippen LogP) is 6.10. The lowest BCUT2D eigenvalue weighted by Crippen LogP contribution is -2.56. The minimum absolute atomic E-state index is 0.0943. The molecule has 5 atom stereocenters. The number of nitrogens with one attached hydrogen (secondary N) is 4.